The summed E-state index contributed by atoms with van der Waals surface area (Å²) in [4.78, 5) is 3.38. The van der Waals surface area contributed by atoms with Crippen molar-refractivity contribution in [1.82, 2.24) is 4.98 Å². The summed E-state index contributed by atoms with van der Waals surface area (Å²) in [6.45, 7) is -6.99. The van der Waals surface area contributed by atoms with E-state index >= 15 is 0 Å². The summed E-state index contributed by atoms with van der Waals surface area (Å²) in [6, 6.07) is -1.37. The van der Waals surface area contributed by atoms with Gasteiger partial charge in [0.1, 0.15) is 0 Å². The monoisotopic (exact) mass is 225 g/mol. The molecule has 1 rings (SSSR count). The van der Waals surface area contributed by atoms with Gasteiger partial charge >= 0.3 is 0 Å². The number of pyridine rings is 1. The summed E-state index contributed by atoms with van der Waals surface area (Å²) >= 11 is 2.79. The summed E-state index contributed by atoms with van der Waals surface area (Å²) in [5, 5.41) is 0. The van der Waals surface area contributed by atoms with E-state index in [2.05, 4.69) is 20.9 Å². The second-order valence-corrected chi connectivity index (χ2v) is 2.43. The van der Waals surface area contributed by atoms with Gasteiger partial charge in [-0.25, -0.2) is 0 Å². The molecule has 0 bridgehead atoms. The van der Waals surface area contributed by atoms with E-state index in [-0.39, 0.29) is 4.47 Å². The summed E-state index contributed by atoms with van der Waals surface area (Å²) in [5.41, 5.74) is -1.04. The molecule has 0 aliphatic rings. The van der Waals surface area contributed by atoms with Crippen molar-refractivity contribution in [3.8, 4) is 0 Å². The zero-order chi connectivity index (χ0) is 18.6. The van der Waals surface area contributed by atoms with Gasteiger partial charge in [0.15, 0.2) is 0 Å². The SMILES string of the molecule is [2H]c1nc(C([2H])(C([2H])([2H])[2H])C([2H])([2H])C([2H])([2H])[2H])c([2H])c(Br)c1[2H]. The molecule has 0 N–H and O–H groups in total. The zero-order valence-corrected chi connectivity index (χ0v) is 6.91. The third kappa shape index (κ3) is 2.29. The lowest BCUT2D eigenvalue weighted by atomic mass is 10.1. The van der Waals surface area contributed by atoms with Crippen molar-refractivity contribution in [1.29, 1.82) is 0 Å². The van der Waals surface area contributed by atoms with Crippen molar-refractivity contribution in [2.75, 3.05) is 0 Å². The van der Waals surface area contributed by atoms with Gasteiger partial charge in [0, 0.05) is 28.7 Å². The summed E-state index contributed by atoms with van der Waals surface area (Å²) < 4.78 is 90.1. The highest BCUT2D eigenvalue weighted by Gasteiger charge is 2.03. The fourth-order valence-corrected chi connectivity index (χ4v) is 0.750. The van der Waals surface area contributed by atoms with E-state index in [1.165, 1.54) is 0 Å². The predicted molar refractivity (Wildman–Crippen MR) is 50.6 cm³/mol. The fourth-order valence-electron chi connectivity index (χ4n) is 0.474. The highest BCUT2D eigenvalue weighted by molar-refractivity contribution is 9.10. The quantitative estimate of drug-likeness (QED) is 0.753. The molecule has 0 amide bonds. The molecular weight excluding hydrogens is 202 g/mol. The molecule has 1 heterocycles. The minimum atomic E-state index is -3.59. The Hall–Kier alpha value is -0.370. The van der Waals surface area contributed by atoms with E-state index in [1.54, 1.807) is 0 Å². The zero-order valence-electron chi connectivity index (χ0n) is 17.3. The molecule has 0 radical (unpaired) electrons. The van der Waals surface area contributed by atoms with E-state index in [0.717, 1.165) is 0 Å². The van der Waals surface area contributed by atoms with Gasteiger partial charge in [-0.15, -0.1) is 0 Å². The Morgan fingerprint density at radius 1 is 2.09 bits per heavy atom. The molecular formula is C9H12BrN. The summed E-state index contributed by atoms with van der Waals surface area (Å²) in [7, 11) is 0. The Kier molecular flexibility index (Phi) is 0.676. The van der Waals surface area contributed by atoms with Crippen molar-refractivity contribution in [3.05, 3.63) is 28.4 Å². The minimum Gasteiger partial charge on any atom is -0.261 e. The number of rotatable bonds is 2. The molecule has 0 aromatic carbocycles. The summed E-state index contributed by atoms with van der Waals surface area (Å²) in [5.74, 6) is -3.44. The van der Waals surface area contributed by atoms with E-state index in [1.807, 2.05) is 0 Å². The lowest BCUT2D eigenvalue weighted by Gasteiger charge is -2.06. The van der Waals surface area contributed by atoms with Gasteiger partial charge in [0.25, 0.3) is 0 Å². The standard InChI is InChI=1S/C9H12BrN/c1-3-7(2)9-6-8(10)4-5-11-9/h4-7H,3H2,1-2H3/i1D3,2D3,3D2,4D,5D,6D,7D. The molecule has 60 valence electrons. The second-order valence-electron chi connectivity index (χ2n) is 1.64. The van der Waals surface area contributed by atoms with Crippen LogP contribution in [0.25, 0.3) is 0 Å². The van der Waals surface area contributed by atoms with Crippen LogP contribution in [-0.4, -0.2) is 4.98 Å². The first-order valence-electron chi connectivity index (χ1n) is 8.64. The Morgan fingerprint density at radius 2 is 3.00 bits per heavy atom. The van der Waals surface area contributed by atoms with Gasteiger partial charge < -0.3 is 0 Å². The number of hydrogen-bond donors (Lipinski definition) is 0. The first kappa shape index (κ1) is 1.92. The molecule has 11 heavy (non-hydrogen) atoms. The van der Waals surface area contributed by atoms with E-state index in [9.17, 15) is 0 Å². The lowest BCUT2D eigenvalue weighted by molar-refractivity contribution is 0.707. The Labute approximate surface area is 92.8 Å². The second kappa shape index (κ2) is 3.86. The molecule has 2 heteroatoms. The molecule has 0 spiro atoms. The van der Waals surface area contributed by atoms with Crippen LogP contribution >= 0.6 is 15.9 Å². The topological polar surface area (TPSA) is 12.9 Å². The molecule has 1 unspecified atom stereocenters. The van der Waals surface area contributed by atoms with Crippen molar-refractivity contribution in [3.63, 3.8) is 0 Å². The van der Waals surface area contributed by atoms with Gasteiger partial charge in [-0.2, -0.15) is 0 Å². The molecule has 0 saturated carbocycles. The number of nitrogens with zero attached hydrogens (tertiary/aromatic N) is 1. The van der Waals surface area contributed by atoms with Crippen molar-refractivity contribution in [2.45, 2.75) is 26.0 Å². The van der Waals surface area contributed by atoms with Gasteiger partial charge in [-0.3, -0.25) is 4.98 Å². The average molecular weight is 226 g/mol. The van der Waals surface area contributed by atoms with Crippen LogP contribution < -0.4 is 0 Å². The Bertz CT molecular complexity index is 620. The van der Waals surface area contributed by atoms with Crippen molar-refractivity contribution >= 4 is 15.9 Å². The highest BCUT2D eigenvalue weighted by atomic mass is 79.9. The summed E-state index contributed by atoms with van der Waals surface area (Å²) in [6.07, 6.45) is -4.39. The van der Waals surface area contributed by atoms with Crippen LogP contribution in [0, 0.1) is 0 Å². The first-order valence-corrected chi connectivity index (χ1v) is 3.43. The number of hydrogen-bond acceptors (Lipinski definition) is 1. The van der Waals surface area contributed by atoms with Gasteiger partial charge in [-0.05, 0) is 24.4 Å². The number of aromatic nitrogens is 1. The third-order valence-corrected chi connectivity index (χ3v) is 1.32. The molecule has 0 saturated heterocycles. The molecule has 1 aromatic rings. The molecule has 0 fully saturated rings. The predicted octanol–water partition coefficient (Wildman–Crippen LogP) is 3.36. The third-order valence-electron chi connectivity index (χ3n) is 0.923. The molecule has 1 atom stereocenters. The Balaban J connectivity index is 3.92. The van der Waals surface area contributed by atoms with E-state index < -0.39 is 49.9 Å². The molecule has 1 aromatic heterocycles. The van der Waals surface area contributed by atoms with Crippen LogP contribution in [0.3, 0.4) is 0 Å². The van der Waals surface area contributed by atoms with Crippen LogP contribution in [0.2, 0.25) is 0 Å². The van der Waals surface area contributed by atoms with E-state index in [0.29, 0.717) is 0 Å². The molecule has 0 aliphatic carbocycles. The van der Waals surface area contributed by atoms with Crippen LogP contribution in [0.1, 0.15) is 48.1 Å². The average Bonchev–Trinajstić information content (AvgIpc) is 2.36. The Morgan fingerprint density at radius 3 is 3.73 bits per heavy atom. The van der Waals surface area contributed by atoms with E-state index in [4.69, 9.17) is 16.4 Å². The van der Waals surface area contributed by atoms with Gasteiger partial charge in [0.2, 0.25) is 0 Å². The van der Waals surface area contributed by atoms with Gasteiger partial charge in [0.05, 0.1) is 4.11 Å². The highest BCUT2D eigenvalue weighted by Crippen LogP contribution is 2.19. The van der Waals surface area contributed by atoms with Crippen LogP contribution in [-0.2, 0) is 0 Å². The van der Waals surface area contributed by atoms with Gasteiger partial charge in [-0.1, -0.05) is 29.6 Å². The molecule has 1 nitrogen and oxygen atoms in total. The first-order chi connectivity index (χ1) is 10.00. The smallest absolute Gasteiger partial charge is 0.0840 e. The maximum absolute atomic E-state index is 8.13. The van der Waals surface area contributed by atoms with Crippen LogP contribution in [0.15, 0.2) is 22.7 Å². The minimum absolute atomic E-state index is 0.366. The number of halogens is 1. The lowest BCUT2D eigenvalue weighted by Crippen LogP contribution is -1.93. The maximum atomic E-state index is 8.13. The molecule has 0 aliphatic heterocycles. The van der Waals surface area contributed by atoms with Crippen molar-refractivity contribution < 1.29 is 16.4 Å². The van der Waals surface area contributed by atoms with Crippen LogP contribution in [0.5, 0.6) is 0 Å². The maximum Gasteiger partial charge on any atom is 0.0840 e. The van der Waals surface area contributed by atoms with Crippen molar-refractivity contribution in [2.24, 2.45) is 0 Å². The van der Waals surface area contributed by atoms with Crippen LogP contribution in [0.4, 0.5) is 0 Å². The largest absolute Gasteiger partial charge is 0.261 e. The fraction of sp³-hybridized carbons (Fsp3) is 0.444. The normalized spacial score (nSPS) is 35.4.